The topological polar surface area (TPSA) is 73.9 Å². The molecule has 1 fully saturated rings. The summed E-state index contributed by atoms with van der Waals surface area (Å²) in [6, 6.07) is 7.96. The number of piperidine rings is 1. The number of nitrogens with zero attached hydrogens (tertiary/aromatic N) is 3. The molecule has 0 aromatic carbocycles. The first-order chi connectivity index (χ1) is 12.3. The summed E-state index contributed by atoms with van der Waals surface area (Å²) in [7, 11) is 0. The first kappa shape index (κ1) is 15.8. The third kappa shape index (κ3) is 3.56. The minimum absolute atomic E-state index is 0.00704. The Labute approximate surface area is 149 Å². The number of hydrogen-bond donors (Lipinski definition) is 2. The van der Waals surface area contributed by atoms with Gasteiger partial charge in [-0.25, -0.2) is 0 Å². The molecule has 0 spiro atoms. The lowest BCUT2D eigenvalue weighted by Gasteiger charge is -2.33. The Morgan fingerprint density at radius 2 is 2.20 bits per heavy atom. The van der Waals surface area contributed by atoms with Gasteiger partial charge in [0.15, 0.2) is 5.82 Å². The number of carbonyl (C=O) groups is 1. The average molecular weight is 353 g/mol. The second-order valence-corrected chi connectivity index (χ2v) is 6.93. The lowest BCUT2D eigenvalue weighted by molar-refractivity contribution is 0.0933. The molecule has 0 unspecified atom stereocenters. The van der Waals surface area contributed by atoms with Gasteiger partial charge in [0.1, 0.15) is 0 Å². The van der Waals surface area contributed by atoms with Gasteiger partial charge < -0.3 is 10.2 Å². The highest BCUT2D eigenvalue weighted by molar-refractivity contribution is 7.08. The monoisotopic (exact) mass is 353 g/mol. The number of thiophene rings is 1. The molecule has 4 heterocycles. The third-order valence-electron chi connectivity index (χ3n) is 4.42. The highest BCUT2D eigenvalue weighted by atomic mass is 32.1. The van der Waals surface area contributed by atoms with E-state index in [2.05, 4.69) is 31.5 Å². The fraction of sp³-hybridized carbons (Fsp3) is 0.278. The zero-order valence-corrected chi connectivity index (χ0v) is 14.5. The summed E-state index contributed by atoms with van der Waals surface area (Å²) in [4.78, 5) is 18.5. The van der Waals surface area contributed by atoms with Crippen LogP contribution in [0.15, 0.2) is 47.4 Å². The third-order valence-corrected chi connectivity index (χ3v) is 5.10. The maximum absolute atomic E-state index is 12.3. The molecule has 1 aliphatic heterocycles. The van der Waals surface area contributed by atoms with E-state index >= 15 is 0 Å². The van der Waals surface area contributed by atoms with Gasteiger partial charge in [-0.15, -0.1) is 0 Å². The van der Waals surface area contributed by atoms with Crippen LogP contribution >= 0.6 is 11.3 Å². The highest BCUT2D eigenvalue weighted by Gasteiger charge is 2.23. The van der Waals surface area contributed by atoms with Crippen molar-refractivity contribution in [2.24, 2.45) is 0 Å². The van der Waals surface area contributed by atoms with Crippen LogP contribution in [0.1, 0.15) is 23.2 Å². The summed E-state index contributed by atoms with van der Waals surface area (Å²) < 4.78 is 0. The average Bonchev–Trinajstić information content (AvgIpc) is 3.35. The molecule has 4 rings (SSSR count). The molecule has 3 aromatic rings. The van der Waals surface area contributed by atoms with Crippen LogP contribution in [-0.2, 0) is 0 Å². The molecular weight excluding hydrogens is 334 g/mol. The number of aromatic nitrogens is 3. The molecule has 0 saturated carbocycles. The molecule has 6 nitrogen and oxygen atoms in total. The van der Waals surface area contributed by atoms with Crippen LogP contribution in [0.3, 0.4) is 0 Å². The van der Waals surface area contributed by atoms with Crippen LogP contribution in [-0.4, -0.2) is 40.2 Å². The Morgan fingerprint density at radius 3 is 3.00 bits per heavy atom. The summed E-state index contributed by atoms with van der Waals surface area (Å²) in [5, 5.41) is 14.5. The van der Waals surface area contributed by atoms with Crippen molar-refractivity contribution in [2.45, 2.75) is 18.9 Å². The van der Waals surface area contributed by atoms with Gasteiger partial charge in [0.2, 0.25) is 0 Å². The Balaban J connectivity index is 1.43. The molecule has 1 atom stereocenters. The van der Waals surface area contributed by atoms with Crippen LogP contribution in [0.2, 0.25) is 0 Å². The summed E-state index contributed by atoms with van der Waals surface area (Å²) in [5.41, 5.74) is 2.77. The van der Waals surface area contributed by atoms with E-state index < -0.39 is 0 Å². The van der Waals surface area contributed by atoms with Gasteiger partial charge in [-0.05, 0) is 36.4 Å². The second kappa shape index (κ2) is 7.06. The minimum atomic E-state index is 0.00704. The Morgan fingerprint density at radius 1 is 1.32 bits per heavy atom. The maximum Gasteiger partial charge on any atom is 0.252 e. The summed E-state index contributed by atoms with van der Waals surface area (Å²) in [5.74, 6) is 0.925. The van der Waals surface area contributed by atoms with E-state index in [1.54, 1.807) is 12.4 Å². The molecule has 1 aliphatic rings. The van der Waals surface area contributed by atoms with Crippen LogP contribution in [0.4, 0.5) is 5.82 Å². The molecule has 128 valence electrons. The fourth-order valence-electron chi connectivity index (χ4n) is 3.12. The normalized spacial score (nSPS) is 17.4. The number of nitrogens with one attached hydrogen (secondary N) is 2. The smallest absolute Gasteiger partial charge is 0.252 e. The van der Waals surface area contributed by atoms with Crippen molar-refractivity contribution < 1.29 is 4.79 Å². The fourth-order valence-corrected chi connectivity index (χ4v) is 3.75. The number of aromatic amines is 1. The predicted molar refractivity (Wildman–Crippen MR) is 98.8 cm³/mol. The maximum atomic E-state index is 12.3. The molecule has 2 N–H and O–H groups in total. The number of anilines is 1. The largest absolute Gasteiger partial charge is 0.353 e. The summed E-state index contributed by atoms with van der Waals surface area (Å²) in [6.45, 7) is 1.72. The molecule has 0 radical (unpaired) electrons. The van der Waals surface area contributed by atoms with Crippen molar-refractivity contribution in [3.63, 3.8) is 0 Å². The molecule has 25 heavy (non-hydrogen) atoms. The number of pyridine rings is 1. The van der Waals surface area contributed by atoms with Crippen molar-refractivity contribution in [3.8, 4) is 11.3 Å². The van der Waals surface area contributed by atoms with Gasteiger partial charge in [0.05, 0.1) is 5.69 Å². The molecule has 0 bridgehead atoms. The lowest BCUT2D eigenvalue weighted by Crippen LogP contribution is -2.47. The van der Waals surface area contributed by atoms with Gasteiger partial charge >= 0.3 is 0 Å². The standard InChI is InChI=1S/C18H19N5OS/c24-18(14-5-9-25-12-14)20-15-2-1-8-23(11-15)17-10-16(21-22-17)13-3-6-19-7-4-13/h3-7,9-10,12,15H,1-2,8,11H2,(H,20,24)(H,21,22)/t15-/m1/s1. The lowest BCUT2D eigenvalue weighted by atomic mass is 10.1. The first-order valence-corrected chi connectivity index (χ1v) is 9.28. The predicted octanol–water partition coefficient (Wildman–Crippen LogP) is 2.93. The van der Waals surface area contributed by atoms with E-state index in [1.165, 1.54) is 11.3 Å². The van der Waals surface area contributed by atoms with Gasteiger partial charge in [0, 0.05) is 54.1 Å². The second-order valence-electron chi connectivity index (χ2n) is 6.15. The SMILES string of the molecule is O=C(N[C@@H]1CCCN(c2cc(-c3ccncc3)[nH]n2)C1)c1ccsc1. The van der Waals surface area contributed by atoms with Crippen LogP contribution in [0, 0.1) is 0 Å². The Kier molecular flexibility index (Phi) is 4.47. The number of H-pyrrole nitrogens is 1. The van der Waals surface area contributed by atoms with E-state index in [0.29, 0.717) is 0 Å². The highest BCUT2D eigenvalue weighted by Crippen LogP contribution is 2.24. The van der Waals surface area contributed by atoms with Crippen molar-refractivity contribution in [1.29, 1.82) is 0 Å². The van der Waals surface area contributed by atoms with E-state index in [9.17, 15) is 4.79 Å². The van der Waals surface area contributed by atoms with E-state index in [4.69, 9.17) is 0 Å². The minimum Gasteiger partial charge on any atom is -0.353 e. The Hall–Kier alpha value is -2.67. The quantitative estimate of drug-likeness (QED) is 0.756. The number of amides is 1. The van der Waals surface area contributed by atoms with Crippen molar-refractivity contribution >= 4 is 23.1 Å². The first-order valence-electron chi connectivity index (χ1n) is 8.33. The van der Waals surface area contributed by atoms with Gasteiger partial charge in [-0.1, -0.05) is 0 Å². The summed E-state index contributed by atoms with van der Waals surface area (Å²) >= 11 is 1.54. The number of carbonyl (C=O) groups excluding carboxylic acids is 1. The van der Waals surface area contributed by atoms with Crippen molar-refractivity contribution in [3.05, 3.63) is 53.0 Å². The van der Waals surface area contributed by atoms with Crippen molar-refractivity contribution in [1.82, 2.24) is 20.5 Å². The van der Waals surface area contributed by atoms with Gasteiger partial charge in [0.25, 0.3) is 5.91 Å². The zero-order chi connectivity index (χ0) is 17.1. The molecule has 7 heteroatoms. The van der Waals surface area contributed by atoms with Gasteiger partial charge in [-0.2, -0.15) is 16.4 Å². The van der Waals surface area contributed by atoms with Crippen LogP contribution in [0.5, 0.6) is 0 Å². The number of hydrogen-bond acceptors (Lipinski definition) is 5. The zero-order valence-electron chi connectivity index (χ0n) is 13.7. The van der Waals surface area contributed by atoms with Crippen molar-refractivity contribution in [2.75, 3.05) is 18.0 Å². The Bertz CT molecular complexity index is 830. The van der Waals surface area contributed by atoms with Crippen LogP contribution < -0.4 is 10.2 Å². The molecule has 3 aromatic heterocycles. The van der Waals surface area contributed by atoms with E-state index in [1.807, 2.05) is 29.0 Å². The van der Waals surface area contributed by atoms with Gasteiger partial charge in [-0.3, -0.25) is 14.9 Å². The molecule has 0 aliphatic carbocycles. The van der Waals surface area contributed by atoms with E-state index in [-0.39, 0.29) is 11.9 Å². The molecule has 1 amide bonds. The number of rotatable bonds is 4. The summed E-state index contributed by atoms with van der Waals surface area (Å²) in [6.07, 6.45) is 5.57. The molecule has 1 saturated heterocycles. The van der Waals surface area contributed by atoms with Crippen LogP contribution in [0.25, 0.3) is 11.3 Å². The van der Waals surface area contributed by atoms with E-state index in [0.717, 1.165) is 48.6 Å². The molecular formula is C18H19N5OS.